The summed E-state index contributed by atoms with van der Waals surface area (Å²) in [6, 6.07) is 0. The quantitative estimate of drug-likeness (QED) is 0.535. The van der Waals surface area contributed by atoms with Crippen LogP contribution in [0.15, 0.2) is 0 Å². The smallest absolute Gasteiger partial charge is 0.117 e. The fourth-order valence-corrected chi connectivity index (χ4v) is 3.53. The van der Waals surface area contributed by atoms with Gasteiger partial charge in [-0.1, -0.05) is 52.5 Å². The van der Waals surface area contributed by atoms with Crippen LogP contribution in [0, 0.1) is 5.41 Å². The number of hydrogen-bond donors (Lipinski definition) is 2. The summed E-state index contributed by atoms with van der Waals surface area (Å²) in [5.74, 6) is 0. The highest BCUT2D eigenvalue weighted by Gasteiger charge is 2.58. The molecule has 0 bridgehead atoms. The molecule has 0 aromatic heterocycles. The summed E-state index contributed by atoms with van der Waals surface area (Å²) in [7, 11) is 12.5. The van der Waals surface area contributed by atoms with Crippen molar-refractivity contribution in [1.82, 2.24) is 0 Å². The van der Waals surface area contributed by atoms with E-state index in [2.05, 4.69) is 41.5 Å². The molecule has 1 aliphatic rings. The fourth-order valence-electron chi connectivity index (χ4n) is 3.53. The van der Waals surface area contributed by atoms with Gasteiger partial charge in [-0.25, -0.2) is 0 Å². The molecular formula is C15H22B2N2. The molecule has 0 unspecified atom stereocenters. The van der Waals surface area contributed by atoms with Gasteiger partial charge in [0, 0.05) is 11.4 Å². The Labute approximate surface area is 119 Å². The van der Waals surface area contributed by atoms with Crippen molar-refractivity contribution in [2.45, 2.75) is 52.4 Å². The van der Waals surface area contributed by atoms with Crippen LogP contribution in [0.25, 0.3) is 0 Å². The van der Waals surface area contributed by atoms with E-state index in [0.717, 1.165) is 11.1 Å². The van der Waals surface area contributed by atoms with Crippen molar-refractivity contribution in [3.8, 4) is 0 Å². The average Bonchev–Trinajstić information content (AvgIpc) is 2.39. The molecule has 2 nitrogen and oxygen atoms in total. The minimum absolute atomic E-state index is 0.00912. The van der Waals surface area contributed by atoms with Crippen LogP contribution in [-0.2, 0) is 10.8 Å². The third-order valence-corrected chi connectivity index (χ3v) is 6.03. The summed E-state index contributed by atoms with van der Waals surface area (Å²) in [6.07, 6.45) is 0. The molecule has 4 heteroatoms. The lowest BCUT2D eigenvalue weighted by Crippen LogP contribution is -2.43. The summed E-state index contributed by atoms with van der Waals surface area (Å²) >= 11 is 0. The second kappa shape index (κ2) is 3.53. The molecule has 0 heterocycles. The SMILES string of the molecule is [B]c1c(N)c(N)c([B])c2c1C(C)(C)C(C)(C)C2(C)C. The predicted molar refractivity (Wildman–Crippen MR) is 85.9 cm³/mol. The second-order valence-electron chi connectivity index (χ2n) is 7.28. The number of anilines is 2. The summed E-state index contributed by atoms with van der Waals surface area (Å²) in [5, 5.41) is 0. The van der Waals surface area contributed by atoms with E-state index in [4.69, 9.17) is 27.2 Å². The topological polar surface area (TPSA) is 52.0 Å². The van der Waals surface area contributed by atoms with Crippen LogP contribution < -0.4 is 22.4 Å². The zero-order valence-corrected chi connectivity index (χ0v) is 12.8. The molecule has 4 N–H and O–H groups in total. The molecule has 1 aromatic carbocycles. The largest absolute Gasteiger partial charge is 0.398 e. The van der Waals surface area contributed by atoms with E-state index in [9.17, 15) is 0 Å². The first-order valence-corrected chi connectivity index (χ1v) is 6.65. The van der Waals surface area contributed by atoms with E-state index in [1.54, 1.807) is 0 Å². The van der Waals surface area contributed by atoms with Crippen LogP contribution in [0.1, 0.15) is 52.7 Å². The third kappa shape index (κ3) is 1.35. The highest BCUT2D eigenvalue weighted by molar-refractivity contribution is 6.44. The Morgan fingerprint density at radius 3 is 1.21 bits per heavy atom. The highest BCUT2D eigenvalue weighted by Crippen LogP contribution is 2.60. The molecule has 0 fully saturated rings. The molecule has 0 amide bonds. The van der Waals surface area contributed by atoms with E-state index in [-0.39, 0.29) is 16.2 Å². The van der Waals surface area contributed by atoms with Crippen molar-refractivity contribution in [2.24, 2.45) is 5.41 Å². The van der Waals surface area contributed by atoms with Crippen molar-refractivity contribution < 1.29 is 0 Å². The normalized spacial score (nSPS) is 22.2. The molecule has 98 valence electrons. The van der Waals surface area contributed by atoms with Gasteiger partial charge in [0.25, 0.3) is 0 Å². The molecule has 4 radical (unpaired) electrons. The second-order valence-corrected chi connectivity index (χ2v) is 7.28. The zero-order valence-electron chi connectivity index (χ0n) is 12.8. The van der Waals surface area contributed by atoms with Crippen LogP contribution in [0.5, 0.6) is 0 Å². The van der Waals surface area contributed by atoms with Gasteiger partial charge in [0.15, 0.2) is 0 Å². The number of rotatable bonds is 0. The molecule has 0 aliphatic heterocycles. The molecular weight excluding hydrogens is 230 g/mol. The Balaban J connectivity index is 3.02. The van der Waals surface area contributed by atoms with Crippen LogP contribution >= 0.6 is 0 Å². The molecule has 0 saturated heterocycles. The number of nitrogens with two attached hydrogens (primary N) is 2. The Morgan fingerprint density at radius 2 is 0.947 bits per heavy atom. The van der Waals surface area contributed by atoms with Crippen molar-refractivity contribution in [2.75, 3.05) is 11.5 Å². The van der Waals surface area contributed by atoms with E-state index >= 15 is 0 Å². The maximum absolute atomic E-state index is 6.26. The first kappa shape index (κ1) is 14.4. The summed E-state index contributed by atoms with van der Waals surface area (Å²) in [4.78, 5) is 0. The molecule has 19 heavy (non-hydrogen) atoms. The van der Waals surface area contributed by atoms with E-state index in [0.29, 0.717) is 22.3 Å². The minimum Gasteiger partial charge on any atom is -0.398 e. The van der Waals surface area contributed by atoms with E-state index < -0.39 is 0 Å². The van der Waals surface area contributed by atoms with Gasteiger partial charge < -0.3 is 11.5 Å². The van der Waals surface area contributed by atoms with Crippen molar-refractivity contribution in [3.05, 3.63) is 11.1 Å². The van der Waals surface area contributed by atoms with Gasteiger partial charge in [0.1, 0.15) is 15.7 Å². The molecule has 0 atom stereocenters. The summed E-state index contributed by atoms with van der Waals surface area (Å²) < 4.78 is 0. The van der Waals surface area contributed by atoms with Gasteiger partial charge in [-0.05, 0) is 27.4 Å². The standard InChI is InChI=1S/C15H22B2N2/c1-13(2)7-8(14(3,4)15(13,5)6)10(17)12(19)11(18)9(7)16/h18-19H2,1-6H3. The Bertz CT molecular complexity index is 523. The Kier molecular flexibility index (Phi) is 2.67. The number of nitrogen functional groups attached to an aromatic ring is 2. The van der Waals surface area contributed by atoms with Crippen LogP contribution in [0.4, 0.5) is 11.4 Å². The first-order valence-electron chi connectivity index (χ1n) is 6.65. The number of benzene rings is 1. The van der Waals surface area contributed by atoms with Gasteiger partial charge in [0.2, 0.25) is 0 Å². The van der Waals surface area contributed by atoms with Gasteiger partial charge >= 0.3 is 0 Å². The number of hydrogen-bond acceptors (Lipinski definition) is 2. The molecule has 2 rings (SSSR count). The molecule has 0 spiro atoms. The number of fused-ring (bicyclic) bond motifs is 1. The maximum atomic E-state index is 6.26. The Morgan fingerprint density at radius 1 is 0.684 bits per heavy atom. The zero-order chi connectivity index (χ0) is 15.0. The molecule has 1 aromatic rings. The van der Waals surface area contributed by atoms with Crippen LogP contribution in [0.3, 0.4) is 0 Å². The van der Waals surface area contributed by atoms with E-state index in [1.807, 2.05) is 0 Å². The van der Waals surface area contributed by atoms with Crippen LogP contribution in [0.2, 0.25) is 0 Å². The summed E-state index contributed by atoms with van der Waals surface area (Å²) in [5.41, 5.74) is 15.9. The fraction of sp³-hybridized carbons (Fsp3) is 0.600. The monoisotopic (exact) mass is 252 g/mol. The van der Waals surface area contributed by atoms with E-state index in [1.165, 1.54) is 0 Å². The Hall–Kier alpha value is -1.05. The molecule has 0 saturated carbocycles. The maximum Gasteiger partial charge on any atom is 0.117 e. The van der Waals surface area contributed by atoms with Crippen LogP contribution in [-0.4, -0.2) is 15.7 Å². The van der Waals surface area contributed by atoms with Crippen molar-refractivity contribution >= 4 is 38.0 Å². The van der Waals surface area contributed by atoms with Gasteiger partial charge in [-0.3, -0.25) is 0 Å². The average molecular weight is 252 g/mol. The lowest BCUT2D eigenvalue weighted by atomic mass is 9.58. The predicted octanol–water partition coefficient (Wildman–Crippen LogP) is 1.03. The van der Waals surface area contributed by atoms with Gasteiger partial charge in [0.05, 0.1) is 0 Å². The minimum atomic E-state index is -0.119. The molecule has 1 aliphatic carbocycles. The summed E-state index contributed by atoms with van der Waals surface area (Å²) in [6.45, 7) is 13.3. The van der Waals surface area contributed by atoms with Crippen molar-refractivity contribution in [1.29, 1.82) is 0 Å². The lowest BCUT2D eigenvalue weighted by molar-refractivity contribution is 0.125. The van der Waals surface area contributed by atoms with Crippen molar-refractivity contribution in [3.63, 3.8) is 0 Å². The van der Waals surface area contributed by atoms with Gasteiger partial charge in [-0.2, -0.15) is 0 Å². The highest BCUT2D eigenvalue weighted by atomic mass is 14.7. The first-order chi connectivity index (χ1) is 8.39. The van der Waals surface area contributed by atoms with Gasteiger partial charge in [-0.15, -0.1) is 0 Å². The third-order valence-electron chi connectivity index (χ3n) is 6.03. The lowest BCUT2D eigenvalue weighted by Gasteiger charge is -2.45.